The van der Waals surface area contributed by atoms with Crippen molar-refractivity contribution in [1.82, 2.24) is 0 Å². The van der Waals surface area contributed by atoms with Crippen molar-refractivity contribution in [1.29, 1.82) is 0 Å². The molecule has 0 radical (unpaired) electrons. The van der Waals surface area contributed by atoms with Crippen LogP contribution >= 0.6 is 0 Å². The number of aryl methyl sites for hydroxylation is 2. The monoisotopic (exact) mass is 368 g/mol. The molecule has 1 atom stereocenters. The summed E-state index contributed by atoms with van der Waals surface area (Å²) in [6.45, 7) is 4.36. The summed E-state index contributed by atoms with van der Waals surface area (Å²) < 4.78 is 10.5. The highest BCUT2D eigenvalue weighted by molar-refractivity contribution is 6.04. The predicted molar refractivity (Wildman–Crippen MR) is 105 cm³/mol. The minimum absolute atomic E-state index is 0.0400. The van der Waals surface area contributed by atoms with E-state index in [1.165, 1.54) is 7.11 Å². The lowest BCUT2D eigenvalue weighted by Gasteiger charge is -2.18. The Hall–Kier alpha value is -3.02. The number of hydrogen-bond acceptors (Lipinski definition) is 4. The third kappa shape index (κ3) is 4.05. The molecule has 0 spiro atoms. The fraction of sp³-hybridized carbons (Fsp3) is 0.333. The van der Waals surface area contributed by atoms with Crippen molar-refractivity contribution >= 4 is 23.2 Å². The van der Waals surface area contributed by atoms with Crippen molar-refractivity contribution in [3.05, 3.63) is 47.5 Å². The lowest BCUT2D eigenvalue weighted by Crippen LogP contribution is -2.28. The van der Waals surface area contributed by atoms with E-state index in [1.54, 1.807) is 30.2 Å². The molecule has 1 fully saturated rings. The molecule has 6 heteroatoms. The van der Waals surface area contributed by atoms with E-state index in [2.05, 4.69) is 11.4 Å². The van der Waals surface area contributed by atoms with Crippen LogP contribution in [0.1, 0.15) is 17.5 Å². The number of hydrogen-bond donors (Lipinski definition) is 1. The van der Waals surface area contributed by atoms with Crippen molar-refractivity contribution < 1.29 is 19.1 Å². The second-order valence-electron chi connectivity index (χ2n) is 6.81. The molecule has 2 amide bonds. The standard InChI is InChI=1S/C21H24N2O4/c1-13-7-14(2)9-16(8-13)23-12-15(10-20(23)24)21(25)22-18-6-5-17(26-3)11-19(18)27-4/h5-9,11,15H,10,12H2,1-4H3,(H,22,25)/t15-/m0/s1. The van der Waals surface area contributed by atoms with Crippen LogP contribution in [-0.4, -0.2) is 32.6 Å². The average molecular weight is 368 g/mol. The number of anilines is 2. The van der Waals surface area contributed by atoms with Gasteiger partial charge in [0.1, 0.15) is 11.5 Å². The molecule has 1 saturated heterocycles. The summed E-state index contributed by atoms with van der Waals surface area (Å²) in [5.74, 6) is 0.505. The quantitative estimate of drug-likeness (QED) is 0.879. The Morgan fingerprint density at radius 1 is 1.07 bits per heavy atom. The molecule has 6 nitrogen and oxygen atoms in total. The first-order valence-electron chi connectivity index (χ1n) is 8.83. The van der Waals surface area contributed by atoms with Gasteiger partial charge in [-0.1, -0.05) is 6.07 Å². The van der Waals surface area contributed by atoms with Crippen LogP contribution < -0.4 is 19.7 Å². The molecule has 1 heterocycles. The van der Waals surface area contributed by atoms with Crippen molar-refractivity contribution in [3.63, 3.8) is 0 Å². The molecule has 2 aromatic rings. The Bertz CT molecular complexity index is 858. The number of rotatable bonds is 5. The SMILES string of the molecule is COc1ccc(NC(=O)[C@H]2CC(=O)N(c3cc(C)cc(C)c3)C2)c(OC)c1. The Balaban J connectivity index is 1.74. The van der Waals surface area contributed by atoms with E-state index in [1.807, 2.05) is 26.0 Å². The summed E-state index contributed by atoms with van der Waals surface area (Å²) in [4.78, 5) is 26.9. The molecule has 1 aliphatic heterocycles. The minimum atomic E-state index is -0.412. The zero-order valence-electron chi connectivity index (χ0n) is 16.0. The van der Waals surface area contributed by atoms with Gasteiger partial charge in [0.15, 0.2) is 0 Å². The van der Waals surface area contributed by atoms with Gasteiger partial charge in [-0.05, 0) is 49.2 Å². The normalized spacial score (nSPS) is 16.4. The van der Waals surface area contributed by atoms with Crippen molar-refractivity contribution in [2.24, 2.45) is 5.92 Å². The minimum Gasteiger partial charge on any atom is -0.497 e. The van der Waals surface area contributed by atoms with Gasteiger partial charge in [-0.2, -0.15) is 0 Å². The Morgan fingerprint density at radius 3 is 2.41 bits per heavy atom. The number of methoxy groups -OCH3 is 2. The first-order valence-corrected chi connectivity index (χ1v) is 8.83. The molecule has 2 aromatic carbocycles. The van der Waals surface area contributed by atoms with Gasteiger partial charge in [0.05, 0.1) is 25.8 Å². The molecular formula is C21H24N2O4. The van der Waals surface area contributed by atoms with Gasteiger partial charge in [-0.25, -0.2) is 0 Å². The number of amides is 2. The number of carbonyl (C=O) groups excluding carboxylic acids is 2. The highest BCUT2D eigenvalue weighted by atomic mass is 16.5. The fourth-order valence-electron chi connectivity index (χ4n) is 3.38. The Kier molecular flexibility index (Phi) is 5.35. The highest BCUT2D eigenvalue weighted by Gasteiger charge is 2.35. The average Bonchev–Trinajstić information content (AvgIpc) is 3.03. The van der Waals surface area contributed by atoms with E-state index in [-0.39, 0.29) is 18.2 Å². The molecule has 0 aliphatic carbocycles. The number of carbonyl (C=O) groups is 2. The molecule has 1 aliphatic rings. The van der Waals surface area contributed by atoms with Gasteiger partial charge in [-0.15, -0.1) is 0 Å². The van der Waals surface area contributed by atoms with Crippen LogP contribution in [0.5, 0.6) is 11.5 Å². The second kappa shape index (κ2) is 7.70. The van der Waals surface area contributed by atoms with Crippen LogP contribution in [0.15, 0.2) is 36.4 Å². The fourth-order valence-corrected chi connectivity index (χ4v) is 3.38. The molecule has 142 valence electrons. The van der Waals surface area contributed by atoms with Crippen LogP contribution in [0, 0.1) is 19.8 Å². The summed E-state index contributed by atoms with van der Waals surface area (Å²) in [7, 11) is 3.10. The Labute approximate surface area is 159 Å². The second-order valence-corrected chi connectivity index (χ2v) is 6.81. The summed E-state index contributed by atoms with van der Waals surface area (Å²) >= 11 is 0. The van der Waals surface area contributed by atoms with Crippen LogP contribution in [0.4, 0.5) is 11.4 Å². The third-order valence-electron chi connectivity index (χ3n) is 4.68. The zero-order chi connectivity index (χ0) is 19.6. The molecule has 0 aromatic heterocycles. The van der Waals surface area contributed by atoms with E-state index in [4.69, 9.17) is 9.47 Å². The molecule has 0 saturated carbocycles. The first-order chi connectivity index (χ1) is 12.9. The summed E-state index contributed by atoms with van der Waals surface area (Å²) in [5, 5.41) is 2.87. The lowest BCUT2D eigenvalue weighted by molar-refractivity contribution is -0.122. The van der Waals surface area contributed by atoms with Gasteiger partial charge in [0.2, 0.25) is 11.8 Å². The zero-order valence-corrected chi connectivity index (χ0v) is 16.0. The smallest absolute Gasteiger partial charge is 0.229 e. The van der Waals surface area contributed by atoms with Gasteiger partial charge in [0, 0.05) is 24.7 Å². The van der Waals surface area contributed by atoms with Crippen LogP contribution in [0.2, 0.25) is 0 Å². The molecule has 1 N–H and O–H groups in total. The topological polar surface area (TPSA) is 67.9 Å². The van der Waals surface area contributed by atoms with Gasteiger partial charge in [0.25, 0.3) is 0 Å². The number of ether oxygens (including phenoxy) is 2. The number of nitrogens with one attached hydrogen (secondary N) is 1. The van der Waals surface area contributed by atoms with E-state index >= 15 is 0 Å². The maximum absolute atomic E-state index is 12.7. The van der Waals surface area contributed by atoms with Gasteiger partial charge >= 0.3 is 0 Å². The Morgan fingerprint density at radius 2 is 1.78 bits per heavy atom. The molecular weight excluding hydrogens is 344 g/mol. The lowest BCUT2D eigenvalue weighted by atomic mass is 10.1. The first kappa shape index (κ1) is 18.8. The molecule has 0 unspecified atom stereocenters. The number of nitrogens with zero attached hydrogens (tertiary/aromatic N) is 1. The summed E-state index contributed by atoms with van der Waals surface area (Å²) in [6.07, 6.45) is 0.192. The number of benzene rings is 2. The van der Waals surface area contributed by atoms with E-state index in [0.29, 0.717) is 23.7 Å². The molecule has 0 bridgehead atoms. The third-order valence-corrected chi connectivity index (χ3v) is 4.68. The predicted octanol–water partition coefficient (Wildman–Crippen LogP) is 3.31. The summed E-state index contributed by atoms with van der Waals surface area (Å²) in [6, 6.07) is 11.2. The van der Waals surface area contributed by atoms with E-state index < -0.39 is 5.92 Å². The van der Waals surface area contributed by atoms with Gasteiger partial charge < -0.3 is 19.7 Å². The van der Waals surface area contributed by atoms with Crippen molar-refractivity contribution in [2.75, 3.05) is 31.0 Å². The van der Waals surface area contributed by atoms with Crippen LogP contribution in [0.25, 0.3) is 0 Å². The van der Waals surface area contributed by atoms with Crippen molar-refractivity contribution in [3.8, 4) is 11.5 Å². The van der Waals surface area contributed by atoms with E-state index in [9.17, 15) is 9.59 Å². The maximum Gasteiger partial charge on any atom is 0.229 e. The van der Waals surface area contributed by atoms with Gasteiger partial charge in [-0.3, -0.25) is 9.59 Å². The van der Waals surface area contributed by atoms with E-state index in [0.717, 1.165) is 16.8 Å². The van der Waals surface area contributed by atoms with Crippen molar-refractivity contribution in [2.45, 2.75) is 20.3 Å². The largest absolute Gasteiger partial charge is 0.497 e. The maximum atomic E-state index is 12.7. The molecule has 3 rings (SSSR count). The highest BCUT2D eigenvalue weighted by Crippen LogP contribution is 2.31. The molecule has 27 heavy (non-hydrogen) atoms. The summed E-state index contributed by atoms with van der Waals surface area (Å²) in [5.41, 5.74) is 3.58. The van der Waals surface area contributed by atoms with Crippen LogP contribution in [0.3, 0.4) is 0 Å². The van der Waals surface area contributed by atoms with Crippen LogP contribution in [-0.2, 0) is 9.59 Å².